The Morgan fingerprint density at radius 3 is 2.62 bits per heavy atom. The normalized spacial score (nSPS) is 20.9. The molecule has 16 heavy (non-hydrogen) atoms. The number of esters is 1. The lowest BCUT2D eigenvalue weighted by Crippen LogP contribution is -2.50. The van der Waals surface area contributed by atoms with Crippen molar-refractivity contribution in [2.24, 2.45) is 0 Å². The van der Waals surface area contributed by atoms with Gasteiger partial charge in [-0.25, -0.2) is 9.59 Å². The smallest absolute Gasteiger partial charge is 0.337 e. The molecule has 1 atom stereocenters. The molecule has 5 nitrogen and oxygen atoms in total. The van der Waals surface area contributed by atoms with Crippen LogP contribution >= 0.6 is 0 Å². The Balaban J connectivity index is 3.05. The zero-order valence-electron chi connectivity index (χ0n) is 10.2. The Labute approximate surface area is 95.4 Å². The van der Waals surface area contributed by atoms with Crippen molar-refractivity contribution < 1.29 is 14.3 Å². The molecule has 1 heterocycles. The van der Waals surface area contributed by atoms with Crippen molar-refractivity contribution in [1.82, 2.24) is 10.2 Å². The first-order valence-corrected chi connectivity index (χ1v) is 5.44. The third kappa shape index (κ3) is 2.18. The van der Waals surface area contributed by atoms with Gasteiger partial charge in [0.15, 0.2) is 0 Å². The number of carbonyl (C=O) groups excluding carboxylic acids is 2. The molecule has 1 N–H and O–H groups in total. The van der Waals surface area contributed by atoms with E-state index in [4.69, 9.17) is 4.74 Å². The van der Waals surface area contributed by atoms with Crippen molar-refractivity contribution >= 4 is 12.0 Å². The lowest BCUT2D eigenvalue weighted by atomic mass is 9.99. The van der Waals surface area contributed by atoms with Crippen LogP contribution in [0.4, 0.5) is 4.79 Å². The molecule has 90 valence electrons. The van der Waals surface area contributed by atoms with Crippen LogP contribution in [0.3, 0.4) is 0 Å². The second-order valence-corrected chi connectivity index (χ2v) is 3.72. The van der Waals surface area contributed by atoms with E-state index in [1.807, 2.05) is 6.92 Å². The van der Waals surface area contributed by atoms with Crippen LogP contribution in [-0.4, -0.2) is 36.6 Å². The van der Waals surface area contributed by atoms with Crippen molar-refractivity contribution in [2.75, 3.05) is 13.7 Å². The highest BCUT2D eigenvalue weighted by Gasteiger charge is 2.33. The summed E-state index contributed by atoms with van der Waals surface area (Å²) in [6.07, 6.45) is 0.690. The number of allylic oxidation sites excluding steroid dienone is 1. The maximum absolute atomic E-state index is 11.8. The highest BCUT2D eigenvalue weighted by Crippen LogP contribution is 2.21. The number of ether oxygens (including phenoxy) is 1. The van der Waals surface area contributed by atoms with Crippen LogP contribution in [0.2, 0.25) is 0 Å². The van der Waals surface area contributed by atoms with Crippen molar-refractivity contribution in [2.45, 2.75) is 33.2 Å². The van der Waals surface area contributed by atoms with Gasteiger partial charge >= 0.3 is 12.0 Å². The fraction of sp³-hybridized carbons (Fsp3) is 0.636. The van der Waals surface area contributed by atoms with E-state index in [2.05, 4.69) is 5.32 Å². The van der Waals surface area contributed by atoms with E-state index in [1.54, 1.807) is 20.9 Å². The van der Waals surface area contributed by atoms with Crippen LogP contribution in [0.25, 0.3) is 0 Å². The van der Waals surface area contributed by atoms with Crippen LogP contribution in [0.5, 0.6) is 0 Å². The molecule has 0 saturated heterocycles. The molecule has 0 radical (unpaired) electrons. The van der Waals surface area contributed by atoms with Gasteiger partial charge in [0.2, 0.25) is 0 Å². The molecule has 0 aromatic rings. The molecule has 0 aliphatic carbocycles. The van der Waals surface area contributed by atoms with Crippen LogP contribution < -0.4 is 5.32 Å². The van der Waals surface area contributed by atoms with Gasteiger partial charge in [0.25, 0.3) is 0 Å². The summed E-state index contributed by atoms with van der Waals surface area (Å²) in [7, 11) is 1.68. The van der Waals surface area contributed by atoms with Crippen LogP contribution in [0, 0.1) is 0 Å². The molecule has 5 heteroatoms. The summed E-state index contributed by atoms with van der Waals surface area (Å²) in [5, 5.41) is 2.65. The highest BCUT2D eigenvalue weighted by molar-refractivity contribution is 5.94. The quantitative estimate of drug-likeness (QED) is 0.737. The molecule has 1 aliphatic rings. The molecule has 0 aromatic carbocycles. The number of hydrogen-bond donors (Lipinski definition) is 1. The molecule has 2 amide bonds. The largest absolute Gasteiger partial charge is 0.463 e. The summed E-state index contributed by atoms with van der Waals surface area (Å²) in [6, 6.07) is -0.384. The minimum absolute atomic E-state index is 0.183. The number of rotatable bonds is 3. The second-order valence-electron chi connectivity index (χ2n) is 3.72. The summed E-state index contributed by atoms with van der Waals surface area (Å²) in [4.78, 5) is 24.8. The summed E-state index contributed by atoms with van der Waals surface area (Å²) < 4.78 is 4.99. The summed E-state index contributed by atoms with van der Waals surface area (Å²) >= 11 is 0. The lowest BCUT2D eigenvalue weighted by Gasteiger charge is -2.34. The van der Waals surface area contributed by atoms with Gasteiger partial charge in [-0.1, -0.05) is 6.92 Å². The van der Waals surface area contributed by atoms with Crippen molar-refractivity contribution in [1.29, 1.82) is 0 Å². The predicted molar refractivity (Wildman–Crippen MR) is 59.7 cm³/mol. The number of hydrogen-bond acceptors (Lipinski definition) is 3. The maximum atomic E-state index is 11.8. The molecule has 0 unspecified atom stereocenters. The minimum Gasteiger partial charge on any atom is -0.463 e. The van der Waals surface area contributed by atoms with E-state index in [0.29, 0.717) is 24.3 Å². The summed E-state index contributed by atoms with van der Waals surface area (Å²) in [5.41, 5.74) is 1.14. The van der Waals surface area contributed by atoms with Crippen molar-refractivity contribution in [3.05, 3.63) is 11.3 Å². The number of likely N-dealkylation sites (N-methyl/N-ethyl adjacent to an activating group) is 1. The second kappa shape index (κ2) is 5.01. The highest BCUT2D eigenvalue weighted by atomic mass is 16.5. The van der Waals surface area contributed by atoms with Gasteiger partial charge in [0, 0.05) is 12.7 Å². The topological polar surface area (TPSA) is 58.6 Å². The average Bonchev–Trinajstić information content (AvgIpc) is 2.23. The summed E-state index contributed by atoms with van der Waals surface area (Å²) in [5.74, 6) is -0.348. The Bertz CT molecular complexity index is 336. The van der Waals surface area contributed by atoms with Crippen molar-refractivity contribution in [3.63, 3.8) is 0 Å². The Morgan fingerprint density at radius 1 is 1.50 bits per heavy atom. The third-order valence-electron chi connectivity index (χ3n) is 2.70. The first-order valence-electron chi connectivity index (χ1n) is 5.44. The van der Waals surface area contributed by atoms with Crippen LogP contribution in [0.1, 0.15) is 27.2 Å². The Kier molecular flexibility index (Phi) is 3.93. The molecule has 1 rings (SSSR count). The van der Waals surface area contributed by atoms with Gasteiger partial charge in [0.1, 0.15) is 0 Å². The summed E-state index contributed by atoms with van der Waals surface area (Å²) in [6.45, 7) is 5.76. The third-order valence-corrected chi connectivity index (χ3v) is 2.70. The molecule has 0 spiro atoms. The standard InChI is InChI=1S/C11H18N2O3/c1-5-8-9(10(14)16-6-2)7(3)12-11(15)13(8)4/h8H,5-6H2,1-4H3,(H,12,15)/t8-/m1/s1. The fourth-order valence-corrected chi connectivity index (χ4v) is 1.88. The predicted octanol–water partition coefficient (Wildman–Crippen LogP) is 1.26. The van der Waals surface area contributed by atoms with Crippen LogP contribution in [0.15, 0.2) is 11.3 Å². The number of nitrogens with one attached hydrogen (secondary N) is 1. The fourth-order valence-electron chi connectivity index (χ4n) is 1.88. The zero-order valence-corrected chi connectivity index (χ0v) is 10.2. The molecule has 0 saturated carbocycles. The van der Waals surface area contributed by atoms with Gasteiger partial charge in [0.05, 0.1) is 18.2 Å². The monoisotopic (exact) mass is 226 g/mol. The lowest BCUT2D eigenvalue weighted by molar-refractivity contribution is -0.139. The molecule has 0 aromatic heterocycles. The minimum atomic E-state index is -0.348. The molecule has 1 aliphatic heterocycles. The van der Waals surface area contributed by atoms with E-state index in [1.165, 1.54) is 4.90 Å². The SMILES string of the molecule is CCOC(=O)C1=C(C)NC(=O)N(C)[C@@H]1CC. The van der Waals surface area contributed by atoms with E-state index in [0.717, 1.165) is 0 Å². The molecular weight excluding hydrogens is 208 g/mol. The van der Waals surface area contributed by atoms with Gasteiger partial charge in [-0.05, 0) is 20.3 Å². The van der Waals surface area contributed by atoms with Gasteiger partial charge in [-0.3, -0.25) is 0 Å². The first-order chi connectivity index (χ1) is 7.52. The number of amides is 2. The number of nitrogens with zero attached hydrogens (tertiary/aromatic N) is 1. The van der Waals surface area contributed by atoms with Gasteiger partial charge in [-0.15, -0.1) is 0 Å². The Hall–Kier alpha value is -1.52. The van der Waals surface area contributed by atoms with E-state index < -0.39 is 0 Å². The number of carbonyl (C=O) groups is 2. The van der Waals surface area contributed by atoms with E-state index >= 15 is 0 Å². The van der Waals surface area contributed by atoms with E-state index in [-0.39, 0.29) is 18.0 Å². The zero-order chi connectivity index (χ0) is 12.3. The maximum Gasteiger partial charge on any atom is 0.337 e. The van der Waals surface area contributed by atoms with E-state index in [9.17, 15) is 9.59 Å². The first kappa shape index (κ1) is 12.5. The molecule has 0 fully saturated rings. The van der Waals surface area contributed by atoms with Crippen molar-refractivity contribution in [3.8, 4) is 0 Å². The van der Waals surface area contributed by atoms with Gasteiger partial charge < -0.3 is 15.0 Å². The average molecular weight is 226 g/mol. The molecular formula is C11H18N2O3. The van der Waals surface area contributed by atoms with Crippen LogP contribution in [-0.2, 0) is 9.53 Å². The Morgan fingerprint density at radius 2 is 2.12 bits per heavy atom. The molecule has 0 bridgehead atoms. The number of urea groups is 1. The van der Waals surface area contributed by atoms with Gasteiger partial charge in [-0.2, -0.15) is 0 Å².